The van der Waals surface area contributed by atoms with Gasteiger partial charge in [-0.3, -0.25) is 10.1 Å². The van der Waals surface area contributed by atoms with Gasteiger partial charge in [-0.25, -0.2) is 17.2 Å². The maximum Gasteiger partial charge on any atom is 0.408 e. The lowest BCUT2D eigenvalue weighted by Gasteiger charge is -2.28. The average Bonchev–Trinajstić information content (AvgIpc) is 3.30. The molecule has 1 amide bonds. The maximum atomic E-state index is 13.9. The van der Waals surface area contributed by atoms with Gasteiger partial charge in [-0.1, -0.05) is 6.07 Å². The first-order valence-corrected chi connectivity index (χ1v) is 10.0. The van der Waals surface area contributed by atoms with Gasteiger partial charge in [0.15, 0.2) is 0 Å². The molecule has 6 nitrogen and oxygen atoms in total. The predicted octanol–water partition coefficient (Wildman–Crippen LogP) is 1.74. The highest BCUT2D eigenvalue weighted by Crippen LogP contribution is 2.36. The Morgan fingerprint density at radius 3 is 2.36 bits per heavy atom. The fourth-order valence-electron chi connectivity index (χ4n) is 2.51. The highest BCUT2D eigenvalue weighted by molar-refractivity contribution is 7.90. The molecular weight excluding hydrogens is 409 g/mol. The van der Waals surface area contributed by atoms with Crippen LogP contribution >= 0.6 is 0 Å². The molecule has 0 saturated heterocycles. The second kappa shape index (κ2) is 7.63. The summed E-state index contributed by atoms with van der Waals surface area (Å²) in [5, 5.41) is 13.0. The van der Waals surface area contributed by atoms with E-state index >= 15 is 0 Å². The third-order valence-corrected chi connectivity index (χ3v) is 5.02. The first-order chi connectivity index (χ1) is 12.8. The molecule has 1 aromatic rings. The van der Waals surface area contributed by atoms with Crippen LogP contribution in [0.2, 0.25) is 0 Å². The van der Waals surface area contributed by atoms with E-state index in [0.29, 0.717) is 18.4 Å². The second-order valence-corrected chi connectivity index (χ2v) is 8.82. The lowest BCUT2D eigenvalue weighted by atomic mass is 10.0. The summed E-state index contributed by atoms with van der Waals surface area (Å²) in [4.78, 5) is 12.4. The van der Waals surface area contributed by atoms with Crippen molar-refractivity contribution in [1.82, 2.24) is 10.6 Å². The summed E-state index contributed by atoms with van der Waals surface area (Å²) in [5.41, 5.74) is -2.25. The Morgan fingerprint density at radius 2 is 1.93 bits per heavy atom. The number of rotatable bonds is 7. The topological polar surface area (TPSA) is 99.1 Å². The van der Waals surface area contributed by atoms with E-state index in [0.717, 1.165) is 0 Å². The number of hydrogen-bond donors (Lipinski definition) is 2. The van der Waals surface area contributed by atoms with Crippen molar-refractivity contribution in [2.75, 3.05) is 12.0 Å². The summed E-state index contributed by atoms with van der Waals surface area (Å²) < 4.78 is 90.6. The highest BCUT2D eigenvalue weighted by Gasteiger charge is 2.48. The van der Waals surface area contributed by atoms with Crippen LogP contribution < -0.4 is 10.6 Å². The number of benzene rings is 1. The monoisotopic (exact) mass is 425 g/mol. The van der Waals surface area contributed by atoms with Gasteiger partial charge in [-0.05, 0) is 18.9 Å². The zero-order valence-corrected chi connectivity index (χ0v) is 15.3. The summed E-state index contributed by atoms with van der Waals surface area (Å²) in [6, 6.07) is -1.48. The van der Waals surface area contributed by atoms with Gasteiger partial charge in [-0.2, -0.15) is 18.4 Å². The number of amides is 1. The first kappa shape index (κ1) is 22.0. The van der Waals surface area contributed by atoms with Gasteiger partial charge >= 0.3 is 6.18 Å². The normalized spacial score (nSPS) is 18.0. The molecule has 2 rings (SSSR count). The van der Waals surface area contributed by atoms with Crippen molar-refractivity contribution in [2.24, 2.45) is 0 Å². The van der Waals surface area contributed by atoms with Crippen molar-refractivity contribution in [1.29, 1.82) is 5.26 Å². The van der Waals surface area contributed by atoms with Gasteiger partial charge in [-0.15, -0.1) is 0 Å². The zero-order chi connectivity index (χ0) is 21.3. The smallest absolute Gasteiger partial charge is 0.336 e. The molecule has 0 aromatic heterocycles. The molecule has 12 heteroatoms. The molecule has 0 aliphatic heterocycles. The molecule has 1 aliphatic carbocycles. The van der Waals surface area contributed by atoms with E-state index in [1.165, 1.54) is 0 Å². The second-order valence-electron chi connectivity index (χ2n) is 6.64. The minimum absolute atomic E-state index is 0.246. The minimum Gasteiger partial charge on any atom is -0.336 e. The fraction of sp³-hybridized carbons (Fsp3) is 0.500. The lowest BCUT2D eigenvalue weighted by Crippen LogP contribution is -2.54. The molecule has 0 unspecified atom stereocenters. The summed E-state index contributed by atoms with van der Waals surface area (Å²) in [6.45, 7) is 0. The minimum atomic E-state index is -5.12. The molecule has 2 N–H and O–H groups in total. The fourth-order valence-corrected chi connectivity index (χ4v) is 3.37. The van der Waals surface area contributed by atoms with E-state index in [1.54, 1.807) is 6.07 Å². The van der Waals surface area contributed by atoms with Gasteiger partial charge in [0.1, 0.15) is 39.1 Å². The lowest BCUT2D eigenvalue weighted by molar-refractivity contribution is -0.161. The summed E-state index contributed by atoms with van der Waals surface area (Å²) in [6.07, 6.45) is -3.86. The Labute approximate surface area is 157 Å². The molecule has 1 aliphatic rings. The predicted molar refractivity (Wildman–Crippen MR) is 87.5 cm³/mol. The zero-order valence-electron chi connectivity index (χ0n) is 14.5. The van der Waals surface area contributed by atoms with Crippen LogP contribution in [0.1, 0.15) is 24.4 Å². The van der Waals surface area contributed by atoms with E-state index in [1.807, 2.05) is 5.32 Å². The quantitative estimate of drug-likeness (QED) is 0.649. The number of carbonyl (C=O) groups is 1. The number of sulfone groups is 1. The number of carbonyl (C=O) groups excluding carboxylic acids is 1. The van der Waals surface area contributed by atoms with Crippen LogP contribution in [0.15, 0.2) is 18.2 Å². The number of hydrogen-bond acceptors (Lipinski definition) is 5. The van der Waals surface area contributed by atoms with Gasteiger partial charge in [0.2, 0.25) is 5.91 Å². The van der Waals surface area contributed by atoms with Crippen LogP contribution in [0.5, 0.6) is 0 Å². The van der Waals surface area contributed by atoms with Crippen LogP contribution in [-0.2, 0) is 14.6 Å². The number of nitrogens with zero attached hydrogens (tertiary/aromatic N) is 1. The largest absolute Gasteiger partial charge is 0.408 e. The first-order valence-electron chi connectivity index (χ1n) is 7.95. The Bertz CT molecular complexity index is 907. The number of halogens is 5. The molecule has 1 fully saturated rings. The van der Waals surface area contributed by atoms with E-state index < -0.39 is 62.5 Å². The molecule has 1 aromatic carbocycles. The SMILES string of the molecule is CS(=O)(=O)C[C@H](N[C@@H](c1ccc(F)cc1F)C(F)(F)F)C(=O)NC1(C#N)CC1. The van der Waals surface area contributed by atoms with Crippen molar-refractivity contribution in [3.8, 4) is 6.07 Å². The number of nitrogens with one attached hydrogen (secondary N) is 2. The van der Waals surface area contributed by atoms with Crippen LogP contribution in [0.3, 0.4) is 0 Å². The standard InChI is InChI=1S/C16H16F5N3O3S/c1-28(26,27)7-12(14(25)24-15(8-22)4-5-15)23-13(16(19,20)21)10-3-2-9(17)6-11(10)18/h2-3,6,12-13,23H,4-5,7H2,1H3,(H,24,25)/t12-,13-/m0/s1. The van der Waals surface area contributed by atoms with Crippen molar-refractivity contribution < 1.29 is 35.2 Å². The summed E-state index contributed by atoms with van der Waals surface area (Å²) in [7, 11) is -3.93. The molecule has 154 valence electrons. The van der Waals surface area contributed by atoms with Crippen LogP contribution in [-0.4, -0.2) is 44.1 Å². The summed E-state index contributed by atoms with van der Waals surface area (Å²) in [5.74, 6) is -4.77. The third-order valence-electron chi connectivity index (χ3n) is 4.08. The van der Waals surface area contributed by atoms with Gasteiger partial charge < -0.3 is 5.32 Å². The van der Waals surface area contributed by atoms with Crippen molar-refractivity contribution in [2.45, 2.75) is 36.6 Å². The van der Waals surface area contributed by atoms with E-state index in [-0.39, 0.29) is 18.9 Å². The summed E-state index contributed by atoms with van der Waals surface area (Å²) >= 11 is 0. The molecule has 0 spiro atoms. The van der Waals surface area contributed by atoms with Crippen molar-refractivity contribution in [3.05, 3.63) is 35.4 Å². The highest BCUT2D eigenvalue weighted by atomic mass is 32.2. The van der Waals surface area contributed by atoms with Crippen LogP contribution in [0, 0.1) is 23.0 Å². The van der Waals surface area contributed by atoms with Crippen molar-refractivity contribution in [3.63, 3.8) is 0 Å². The average molecular weight is 425 g/mol. The number of nitriles is 1. The van der Waals surface area contributed by atoms with Crippen LogP contribution in [0.4, 0.5) is 22.0 Å². The van der Waals surface area contributed by atoms with E-state index in [4.69, 9.17) is 5.26 Å². The molecular formula is C16H16F5N3O3S. The molecule has 0 radical (unpaired) electrons. The Morgan fingerprint density at radius 1 is 1.32 bits per heavy atom. The Balaban J connectivity index is 2.37. The van der Waals surface area contributed by atoms with Gasteiger partial charge in [0, 0.05) is 17.9 Å². The third kappa shape index (κ3) is 5.62. The van der Waals surface area contributed by atoms with Crippen molar-refractivity contribution >= 4 is 15.7 Å². The Hall–Kier alpha value is -2.26. The molecule has 2 atom stereocenters. The van der Waals surface area contributed by atoms with Gasteiger partial charge in [0.25, 0.3) is 0 Å². The Kier molecular flexibility index (Phi) is 6.01. The van der Waals surface area contributed by atoms with Gasteiger partial charge in [0.05, 0.1) is 11.8 Å². The molecule has 28 heavy (non-hydrogen) atoms. The maximum absolute atomic E-state index is 13.9. The van der Waals surface area contributed by atoms with E-state index in [9.17, 15) is 35.2 Å². The van der Waals surface area contributed by atoms with Crippen LogP contribution in [0.25, 0.3) is 0 Å². The van der Waals surface area contributed by atoms with E-state index in [2.05, 4.69) is 5.32 Å². The molecule has 1 saturated carbocycles. The molecule has 0 bridgehead atoms. The molecule has 0 heterocycles. The number of alkyl halides is 3.